The number of thioether (sulfide) groups is 1. The number of hydrogen-bond acceptors (Lipinski definition) is 4. The number of carbonyl (C=O) groups excluding carboxylic acids is 1. The Morgan fingerprint density at radius 1 is 1.08 bits per heavy atom. The Balaban J connectivity index is 1.64. The average Bonchev–Trinajstić information content (AvgIpc) is 3.14. The number of nitrogens with zero attached hydrogens (tertiary/aromatic N) is 2. The first-order valence-corrected chi connectivity index (χ1v) is 8.83. The van der Waals surface area contributed by atoms with Gasteiger partial charge in [-0.05, 0) is 35.9 Å². The van der Waals surface area contributed by atoms with Crippen molar-refractivity contribution in [1.29, 1.82) is 0 Å². The second kappa shape index (κ2) is 8.36. The van der Waals surface area contributed by atoms with Gasteiger partial charge in [0.05, 0.1) is 18.6 Å². The molecule has 2 heterocycles. The van der Waals surface area contributed by atoms with Crippen molar-refractivity contribution >= 4 is 23.4 Å². The zero-order chi connectivity index (χ0) is 16.6. The number of para-hydroxylation sites is 1. The predicted octanol–water partition coefficient (Wildman–Crippen LogP) is 4.14. The van der Waals surface area contributed by atoms with Crippen molar-refractivity contribution in [2.45, 2.75) is 12.3 Å². The lowest BCUT2D eigenvalue weighted by Crippen LogP contribution is -2.31. The van der Waals surface area contributed by atoms with Crippen LogP contribution in [-0.2, 0) is 17.1 Å². The molecule has 0 aliphatic rings. The van der Waals surface area contributed by atoms with Crippen LogP contribution in [0.15, 0.2) is 77.7 Å². The molecule has 0 atom stereocenters. The van der Waals surface area contributed by atoms with Gasteiger partial charge < -0.3 is 9.32 Å². The number of furan rings is 1. The number of anilines is 1. The topological polar surface area (TPSA) is 46.3 Å². The fraction of sp³-hybridized carbons (Fsp3) is 0.158. The van der Waals surface area contributed by atoms with Crippen LogP contribution >= 0.6 is 11.8 Å². The molecule has 122 valence electrons. The standard InChI is InChI=1S/C19H18N2O2S/c22-19(15-24-14-16-6-4-10-20-12-16)21(13-18-9-5-11-23-18)17-7-2-1-3-8-17/h1-12H,13-15H2. The van der Waals surface area contributed by atoms with Gasteiger partial charge >= 0.3 is 0 Å². The summed E-state index contributed by atoms with van der Waals surface area (Å²) in [5.41, 5.74) is 1.99. The van der Waals surface area contributed by atoms with Gasteiger partial charge in [-0.15, -0.1) is 11.8 Å². The molecular formula is C19H18N2O2S. The van der Waals surface area contributed by atoms with Gasteiger partial charge in [0, 0.05) is 23.8 Å². The SMILES string of the molecule is O=C(CSCc1cccnc1)N(Cc1ccco1)c1ccccc1. The summed E-state index contributed by atoms with van der Waals surface area (Å²) in [7, 11) is 0. The summed E-state index contributed by atoms with van der Waals surface area (Å²) in [6.07, 6.45) is 5.20. The van der Waals surface area contributed by atoms with E-state index >= 15 is 0 Å². The summed E-state index contributed by atoms with van der Waals surface area (Å²) in [5.74, 6) is 2.00. The van der Waals surface area contributed by atoms with E-state index in [1.165, 1.54) is 0 Å². The molecule has 3 rings (SSSR count). The van der Waals surface area contributed by atoms with Crippen LogP contribution in [0.5, 0.6) is 0 Å². The van der Waals surface area contributed by atoms with Gasteiger partial charge in [-0.2, -0.15) is 0 Å². The lowest BCUT2D eigenvalue weighted by molar-refractivity contribution is -0.116. The molecule has 0 aliphatic heterocycles. The van der Waals surface area contributed by atoms with Crippen molar-refractivity contribution in [2.75, 3.05) is 10.7 Å². The fourth-order valence-corrected chi connectivity index (χ4v) is 3.15. The first-order chi connectivity index (χ1) is 11.8. The van der Waals surface area contributed by atoms with E-state index in [0.29, 0.717) is 12.3 Å². The van der Waals surface area contributed by atoms with E-state index in [9.17, 15) is 4.79 Å². The molecule has 2 aromatic heterocycles. The molecule has 0 saturated heterocycles. The van der Waals surface area contributed by atoms with Crippen LogP contribution in [0.25, 0.3) is 0 Å². The lowest BCUT2D eigenvalue weighted by atomic mass is 10.2. The molecule has 0 spiro atoms. The van der Waals surface area contributed by atoms with Crippen LogP contribution in [0, 0.1) is 0 Å². The smallest absolute Gasteiger partial charge is 0.237 e. The van der Waals surface area contributed by atoms with Gasteiger partial charge in [-0.3, -0.25) is 9.78 Å². The molecule has 0 radical (unpaired) electrons. The summed E-state index contributed by atoms with van der Waals surface area (Å²) < 4.78 is 5.40. The maximum Gasteiger partial charge on any atom is 0.237 e. The first-order valence-electron chi connectivity index (χ1n) is 7.67. The van der Waals surface area contributed by atoms with E-state index in [1.54, 1.807) is 29.1 Å². The highest BCUT2D eigenvalue weighted by molar-refractivity contribution is 7.99. The number of benzene rings is 1. The lowest BCUT2D eigenvalue weighted by Gasteiger charge is -2.21. The minimum Gasteiger partial charge on any atom is -0.467 e. The Labute approximate surface area is 145 Å². The minimum atomic E-state index is 0.0616. The summed E-state index contributed by atoms with van der Waals surface area (Å²) >= 11 is 1.59. The van der Waals surface area contributed by atoms with E-state index in [1.807, 2.05) is 60.8 Å². The van der Waals surface area contributed by atoms with Crippen molar-refractivity contribution in [3.63, 3.8) is 0 Å². The van der Waals surface area contributed by atoms with Crippen molar-refractivity contribution < 1.29 is 9.21 Å². The monoisotopic (exact) mass is 338 g/mol. The van der Waals surface area contributed by atoms with E-state index in [0.717, 1.165) is 22.8 Å². The van der Waals surface area contributed by atoms with Crippen LogP contribution in [-0.4, -0.2) is 16.6 Å². The first kappa shape index (κ1) is 16.3. The molecule has 1 amide bonds. The van der Waals surface area contributed by atoms with Gasteiger partial charge in [0.2, 0.25) is 5.91 Å². The number of amides is 1. The molecule has 0 unspecified atom stereocenters. The second-order valence-corrected chi connectivity index (χ2v) is 6.23. The molecule has 5 heteroatoms. The molecule has 4 nitrogen and oxygen atoms in total. The van der Waals surface area contributed by atoms with Crippen LogP contribution in [0.1, 0.15) is 11.3 Å². The van der Waals surface area contributed by atoms with Crippen LogP contribution in [0.2, 0.25) is 0 Å². The van der Waals surface area contributed by atoms with Crippen LogP contribution in [0.3, 0.4) is 0 Å². The number of carbonyl (C=O) groups is 1. The highest BCUT2D eigenvalue weighted by atomic mass is 32.2. The normalized spacial score (nSPS) is 10.5. The second-order valence-electron chi connectivity index (χ2n) is 5.25. The Morgan fingerprint density at radius 2 is 1.96 bits per heavy atom. The average molecular weight is 338 g/mol. The van der Waals surface area contributed by atoms with Gasteiger partial charge in [0.15, 0.2) is 0 Å². The largest absolute Gasteiger partial charge is 0.467 e. The van der Waals surface area contributed by atoms with Gasteiger partial charge in [0.1, 0.15) is 5.76 Å². The van der Waals surface area contributed by atoms with Gasteiger partial charge in [-0.25, -0.2) is 0 Å². The summed E-state index contributed by atoms with van der Waals surface area (Å²) in [4.78, 5) is 18.6. The summed E-state index contributed by atoms with van der Waals surface area (Å²) in [6.45, 7) is 0.434. The van der Waals surface area contributed by atoms with Gasteiger partial charge in [-0.1, -0.05) is 24.3 Å². The Morgan fingerprint density at radius 3 is 2.67 bits per heavy atom. The quantitative estimate of drug-likeness (QED) is 0.649. The molecule has 0 bridgehead atoms. The predicted molar refractivity (Wildman–Crippen MR) is 96.7 cm³/mol. The van der Waals surface area contributed by atoms with E-state index in [-0.39, 0.29) is 5.91 Å². The van der Waals surface area contributed by atoms with Gasteiger partial charge in [0.25, 0.3) is 0 Å². The summed E-state index contributed by atoms with van der Waals surface area (Å²) in [6, 6.07) is 17.3. The Hall–Kier alpha value is -2.53. The van der Waals surface area contributed by atoms with Crippen molar-refractivity contribution in [3.05, 3.63) is 84.6 Å². The number of aromatic nitrogens is 1. The third kappa shape index (κ3) is 4.49. The number of hydrogen-bond donors (Lipinski definition) is 0. The molecular weight excluding hydrogens is 320 g/mol. The molecule has 0 aliphatic carbocycles. The fourth-order valence-electron chi connectivity index (χ4n) is 2.31. The Kier molecular flexibility index (Phi) is 5.69. The van der Waals surface area contributed by atoms with Crippen molar-refractivity contribution in [2.24, 2.45) is 0 Å². The molecule has 0 saturated carbocycles. The third-order valence-corrected chi connectivity index (χ3v) is 4.47. The zero-order valence-corrected chi connectivity index (χ0v) is 14.0. The molecule has 0 fully saturated rings. The molecule has 0 N–H and O–H groups in total. The van der Waals surface area contributed by atoms with Crippen molar-refractivity contribution in [1.82, 2.24) is 4.98 Å². The van der Waals surface area contributed by atoms with E-state index < -0.39 is 0 Å². The Bertz CT molecular complexity index is 746. The molecule has 3 aromatic rings. The maximum absolute atomic E-state index is 12.7. The van der Waals surface area contributed by atoms with Crippen LogP contribution in [0.4, 0.5) is 5.69 Å². The van der Waals surface area contributed by atoms with Crippen LogP contribution < -0.4 is 4.90 Å². The number of pyridine rings is 1. The zero-order valence-electron chi connectivity index (χ0n) is 13.2. The third-order valence-electron chi connectivity index (χ3n) is 3.48. The summed E-state index contributed by atoms with van der Waals surface area (Å²) in [5, 5.41) is 0. The highest BCUT2D eigenvalue weighted by Crippen LogP contribution is 2.20. The highest BCUT2D eigenvalue weighted by Gasteiger charge is 2.17. The minimum absolute atomic E-state index is 0.0616. The molecule has 24 heavy (non-hydrogen) atoms. The van der Waals surface area contributed by atoms with E-state index in [2.05, 4.69) is 4.98 Å². The van der Waals surface area contributed by atoms with Crippen molar-refractivity contribution in [3.8, 4) is 0 Å². The maximum atomic E-state index is 12.7. The molecule has 1 aromatic carbocycles. The number of rotatable bonds is 7. The van der Waals surface area contributed by atoms with E-state index in [4.69, 9.17) is 4.42 Å².